The summed E-state index contributed by atoms with van der Waals surface area (Å²) >= 11 is 5.81. The smallest absolute Gasteiger partial charge is 0.255 e. The summed E-state index contributed by atoms with van der Waals surface area (Å²) in [5, 5.41) is 2.83. The van der Waals surface area contributed by atoms with Gasteiger partial charge in [0.15, 0.2) is 0 Å². The Bertz CT molecular complexity index is 779. The van der Waals surface area contributed by atoms with E-state index in [1.54, 1.807) is 29.2 Å². The van der Waals surface area contributed by atoms with Crippen molar-refractivity contribution in [2.45, 2.75) is 12.8 Å². The van der Waals surface area contributed by atoms with Crippen molar-refractivity contribution in [1.29, 1.82) is 0 Å². The Hall–Kier alpha value is -2.40. The molecule has 6 heteroatoms. The minimum atomic E-state index is -0.561. The van der Waals surface area contributed by atoms with Crippen molar-refractivity contribution in [1.82, 2.24) is 0 Å². The van der Waals surface area contributed by atoms with E-state index in [-0.39, 0.29) is 11.6 Å². The maximum atomic E-state index is 13.7. The standard InChI is InChI=1S/C17H14ClFN2O2/c18-12-6-7-14(19)15(10-12)20-17(23)11-3-1-4-13(9-11)21-8-2-5-16(21)22/h1,3-4,6-7,9-10H,2,5,8H2,(H,20,23). The number of hydrogen-bond donors (Lipinski definition) is 1. The van der Waals surface area contributed by atoms with Gasteiger partial charge in [-0.3, -0.25) is 9.59 Å². The topological polar surface area (TPSA) is 49.4 Å². The van der Waals surface area contributed by atoms with Gasteiger partial charge in [0.25, 0.3) is 5.91 Å². The maximum Gasteiger partial charge on any atom is 0.255 e. The van der Waals surface area contributed by atoms with Crippen LogP contribution in [0.15, 0.2) is 42.5 Å². The van der Waals surface area contributed by atoms with E-state index in [1.165, 1.54) is 18.2 Å². The average molecular weight is 333 g/mol. The fourth-order valence-electron chi connectivity index (χ4n) is 2.52. The van der Waals surface area contributed by atoms with E-state index in [0.29, 0.717) is 29.2 Å². The van der Waals surface area contributed by atoms with E-state index in [0.717, 1.165) is 6.42 Å². The second-order valence-corrected chi connectivity index (χ2v) is 5.71. The van der Waals surface area contributed by atoms with Crippen LogP contribution in [-0.2, 0) is 4.79 Å². The van der Waals surface area contributed by atoms with Gasteiger partial charge in [-0.2, -0.15) is 0 Å². The molecule has 1 fully saturated rings. The Kier molecular flexibility index (Phi) is 4.30. The third-order valence-corrected chi connectivity index (χ3v) is 3.91. The largest absolute Gasteiger partial charge is 0.319 e. The molecule has 4 nitrogen and oxygen atoms in total. The molecule has 3 rings (SSSR count). The zero-order chi connectivity index (χ0) is 16.4. The number of nitrogens with one attached hydrogen (secondary N) is 1. The van der Waals surface area contributed by atoms with E-state index in [9.17, 15) is 14.0 Å². The molecule has 0 spiro atoms. The summed E-state index contributed by atoms with van der Waals surface area (Å²) in [6, 6.07) is 10.7. The maximum absolute atomic E-state index is 13.7. The summed E-state index contributed by atoms with van der Waals surface area (Å²) in [4.78, 5) is 25.7. The predicted octanol–water partition coefficient (Wildman–Crippen LogP) is 3.86. The number of carbonyl (C=O) groups excluding carboxylic acids is 2. The molecule has 2 aromatic rings. The normalized spacial score (nSPS) is 14.2. The molecule has 0 bridgehead atoms. The van der Waals surface area contributed by atoms with Crippen molar-refractivity contribution in [3.63, 3.8) is 0 Å². The Labute approximate surface area is 137 Å². The number of benzene rings is 2. The van der Waals surface area contributed by atoms with Crippen LogP contribution in [0.25, 0.3) is 0 Å². The Balaban J connectivity index is 1.82. The molecule has 2 amide bonds. The average Bonchev–Trinajstić information content (AvgIpc) is 2.97. The number of hydrogen-bond acceptors (Lipinski definition) is 2. The zero-order valence-electron chi connectivity index (χ0n) is 12.2. The van der Waals surface area contributed by atoms with Gasteiger partial charge < -0.3 is 10.2 Å². The number of amides is 2. The van der Waals surface area contributed by atoms with E-state index in [1.807, 2.05) is 0 Å². The summed E-state index contributed by atoms with van der Waals surface area (Å²) in [5.74, 6) is -0.975. The van der Waals surface area contributed by atoms with Crippen LogP contribution >= 0.6 is 11.6 Å². The number of halogens is 2. The van der Waals surface area contributed by atoms with Crippen LogP contribution in [0.5, 0.6) is 0 Å². The third-order valence-electron chi connectivity index (χ3n) is 3.67. The lowest BCUT2D eigenvalue weighted by molar-refractivity contribution is -0.117. The van der Waals surface area contributed by atoms with E-state index in [2.05, 4.69) is 5.32 Å². The second kappa shape index (κ2) is 6.38. The van der Waals surface area contributed by atoms with Crippen molar-refractivity contribution < 1.29 is 14.0 Å². The number of carbonyl (C=O) groups is 2. The first-order chi connectivity index (χ1) is 11.0. The quantitative estimate of drug-likeness (QED) is 0.928. The van der Waals surface area contributed by atoms with Gasteiger partial charge in [0.2, 0.25) is 5.91 Å². The Morgan fingerprint density at radius 1 is 1.22 bits per heavy atom. The highest BCUT2D eigenvalue weighted by Crippen LogP contribution is 2.24. The summed E-state index contributed by atoms with van der Waals surface area (Å²) < 4.78 is 13.7. The first kappa shape index (κ1) is 15.5. The van der Waals surface area contributed by atoms with Crippen LogP contribution in [0.4, 0.5) is 15.8 Å². The molecule has 1 aliphatic rings. The Morgan fingerprint density at radius 2 is 2.04 bits per heavy atom. The monoisotopic (exact) mass is 332 g/mol. The highest BCUT2D eigenvalue weighted by Gasteiger charge is 2.22. The fourth-order valence-corrected chi connectivity index (χ4v) is 2.70. The molecule has 0 radical (unpaired) electrons. The molecule has 1 N–H and O–H groups in total. The lowest BCUT2D eigenvalue weighted by atomic mass is 10.1. The van der Waals surface area contributed by atoms with Crippen molar-refractivity contribution in [2.75, 3.05) is 16.8 Å². The summed E-state index contributed by atoms with van der Waals surface area (Å²) in [6.45, 7) is 0.646. The molecular weight excluding hydrogens is 319 g/mol. The number of nitrogens with zero attached hydrogens (tertiary/aromatic N) is 1. The van der Waals surface area contributed by atoms with Crippen molar-refractivity contribution in [3.05, 3.63) is 58.9 Å². The van der Waals surface area contributed by atoms with Crippen LogP contribution in [0.3, 0.4) is 0 Å². The molecule has 0 saturated carbocycles. The van der Waals surface area contributed by atoms with Gasteiger partial charge in [0.1, 0.15) is 5.82 Å². The summed E-state index contributed by atoms with van der Waals surface area (Å²) in [7, 11) is 0. The molecule has 1 saturated heterocycles. The van der Waals surface area contributed by atoms with Gasteiger partial charge in [-0.25, -0.2) is 4.39 Å². The number of rotatable bonds is 3. The molecule has 0 atom stereocenters. The van der Waals surface area contributed by atoms with Crippen LogP contribution in [0.2, 0.25) is 5.02 Å². The van der Waals surface area contributed by atoms with E-state index < -0.39 is 11.7 Å². The molecule has 23 heavy (non-hydrogen) atoms. The van der Waals surface area contributed by atoms with Gasteiger partial charge in [0.05, 0.1) is 5.69 Å². The van der Waals surface area contributed by atoms with E-state index >= 15 is 0 Å². The van der Waals surface area contributed by atoms with Crippen molar-refractivity contribution >= 4 is 34.8 Å². The van der Waals surface area contributed by atoms with Gasteiger partial charge >= 0.3 is 0 Å². The van der Waals surface area contributed by atoms with Crippen LogP contribution < -0.4 is 10.2 Å². The minimum absolute atomic E-state index is 0.0187. The third kappa shape index (κ3) is 3.35. The molecule has 1 heterocycles. The minimum Gasteiger partial charge on any atom is -0.319 e. The molecule has 0 unspecified atom stereocenters. The SMILES string of the molecule is O=C(Nc1cc(Cl)ccc1F)c1cccc(N2CCCC2=O)c1. The van der Waals surface area contributed by atoms with Crippen molar-refractivity contribution in [2.24, 2.45) is 0 Å². The molecule has 0 aliphatic carbocycles. The second-order valence-electron chi connectivity index (χ2n) is 5.28. The van der Waals surface area contributed by atoms with Gasteiger partial charge in [-0.05, 0) is 42.8 Å². The highest BCUT2D eigenvalue weighted by molar-refractivity contribution is 6.31. The first-order valence-electron chi connectivity index (χ1n) is 7.21. The molecular formula is C17H14ClFN2O2. The molecule has 0 aromatic heterocycles. The molecule has 1 aliphatic heterocycles. The van der Waals surface area contributed by atoms with E-state index in [4.69, 9.17) is 11.6 Å². The lowest BCUT2D eigenvalue weighted by Crippen LogP contribution is -2.24. The van der Waals surface area contributed by atoms with Crippen LogP contribution in [-0.4, -0.2) is 18.4 Å². The fraction of sp³-hybridized carbons (Fsp3) is 0.176. The lowest BCUT2D eigenvalue weighted by Gasteiger charge is -2.16. The summed E-state index contributed by atoms with van der Waals surface area (Å²) in [6.07, 6.45) is 1.33. The molecule has 118 valence electrons. The van der Waals surface area contributed by atoms with Crippen molar-refractivity contribution in [3.8, 4) is 0 Å². The first-order valence-corrected chi connectivity index (χ1v) is 7.59. The van der Waals surface area contributed by atoms with Gasteiger partial charge in [-0.15, -0.1) is 0 Å². The zero-order valence-corrected chi connectivity index (χ0v) is 12.9. The number of anilines is 2. The Morgan fingerprint density at radius 3 is 2.78 bits per heavy atom. The van der Waals surface area contributed by atoms with Gasteiger partial charge in [-0.1, -0.05) is 17.7 Å². The van der Waals surface area contributed by atoms with Gasteiger partial charge in [0, 0.05) is 29.2 Å². The molecule has 2 aromatic carbocycles. The summed E-state index contributed by atoms with van der Waals surface area (Å²) in [5.41, 5.74) is 1.04. The highest BCUT2D eigenvalue weighted by atomic mass is 35.5. The predicted molar refractivity (Wildman–Crippen MR) is 87.4 cm³/mol. The van der Waals surface area contributed by atoms with Crippen LogP contribution in [0, 0.1) is 5.82 Å². The van der Waals surface area contributed by atoms with Crippen LogP contribution in [0.1, 0.15) is 23.2 Å².